The number of hydrogen-bond acceptors (Lipinski definition) is 4. The van der Waals surface area contributed by atoms with Gasteiger partial charge in [0.15, 0.2) is 0 Å². The zero-order chi connectivity index (χ0) is 12.6. The SMILES string of the molecule is CC1=NN(c2ccccc2[N+](=O)[O-])C(=O)C1C. The smallest absolute Gasteiger partial charge is 0.272 e. The van der Waals surface area contributed by atoms with Gasteiger partial charge < -0.3 is 0 Å². The van der Waals surface area contributed by atoms with E-state index in [4.69, 9.17) is 0 Å². The number of benzene rings is 1. The van der Waals surface area contributed by atoms with Gasteiger partial charge in [0.1, 0.15) is 5.69 Å². The van der Waals surface area contributed by atoms with Crippen molar-refractivity contribution < 1.29 is 9.72 Å². The lowest BCUT2D eigenvalue weighted by atomic mass is 10.1. The third-order valence-electron chi connectivity index (χ3n) is 2.77. The molecule has 6 nitrogen and oxygen atoms in total. The normalized spacial score (nSPS) is 19.4. The van der Waals surface area contributed by atoms with Crippen LogP contribution in [0.5, 0.6) is 0 Å². The van der Waals surface area contributed by atoms with E-state index in [1.165, 1.54) is 12.1 Å². The van der Waals surface area contributed by atoms with E-state index in [1.54, 1.807) is 26.0 Å². The predicted molar refractivity (Wildman–Crippen MR) is 62.9 cm³/mol. The minimum atomic E-state index is -0.517. The zero-order valence-corrected chi connectivity index (χ0v) is 9.45. The number of nitrogens with zero attached hydrogens (tertiary/aromatic N) is 3. The largest absolute Gasteiger partial charge is 0.295 e. The van der Waals surface area contributed by atoms with Gasteiger partial charge in [0, 0.05) is 11.8 Å². The Morgan fingerprint density at radius 2 is 2.06 bits per heavy atom. The molecule has 1 aromatic rings. The Morgan fingerprint density at radius 3 is 2.59 bits per heavy atom. The second-order valence-corrected chi connectivity index (χ2v) is 3.86. The van der Waals surface area contributed by atoms with E-state index in [-0.39, 0.29) is 23.2 Å². The predicted octanol–water partition coefficient (Wildman–Crippen LogP) is 1.95. The van der Waals surface area contributed by atoms with Gasteiger partial charge in [-0.05, 0) is 19.9 Å². The molecule has 0 fully saturated rings. The van der Waals surface area contributed by atoms with Gasteiger partial charge in [-0.2, -0.15) is 10.1 Å². The molecule has 1 unspecified atom stereocenters. The average molecular weight is 233 g/mol. The van der Waals surface area contributed by atoms with Crippen LogP contribution in [0.15, 0.2) is 29.4 Å². The Morgan fingerprint density at radius 1 is 1.41 bits per heavy atom. The Hall–Kier alpha value is -2.24. The van der Waals surface area contributed by atoms with Gasteiger partial charge in [0.2, 0.25) is 0 Å². The highest BCUT2D eigenvalue weighted by Crippen LogP contribution is 2.31. The first-order valence-electron chi connectivity index (χ1n) is 5.15. The molecule has 1 aromatic carbocycles. The highest BCUT2D eigenvalue weighted by molar-refractivity contribution is 6.15. The molecule has 0 saturated heterocycles. The summed E-state index contributed by atoms with van der Waals surface area (Å²) in [5, 5.41) is 16.0. The number of nitro groups is 1. The molecule has 1 aliphatic rings. The maximum Gasteiger partial charge on any atom is 0.295 e. The number of hydrazone groups is 1. The summed E-state index contributed by atoms with van der Waals surface area (Å²) in [7, 11) is 0. The van der Waals surface area contributed by atoms with Crippen LogP contribution in [0.3, 0.4) is 0 Å². The number of anilines is 1. The van der Waals surface area contributed by atoms with Crippen LogP contribution in [0.2, 0.25) is 0 Å². The molecule has 17 heavy (non-hydrogen) atoms. The molecule has 1 amide bonds. The van der Waals surface area contributed by atoms with Crippen LogP contribution in [-0.4, -0.2) is 16.5 Å². The summed E-state index contributed by atoms with van der Waals surface area (Å²) >= 11 is 0. The van der Waals surface area contributed by atoms with Gasteiger partial charge in [-0.1, -0.05) is 12.1 Å². The van der Waals surface area contributed by atoms with Crippen LogP contribution in [0.1, 0.15) is 13.8 Å². The van der Waals surface area contributed by atoms with Crippen molar-refractivity contribution in [1.82, 2.24) is 0 Å². The van der Waals surface area contributed by atoms with Crippen molar-refractivity contribution in [2.24, 2.45) is 11.0 Å². The number of hydrogen-bond donors (Lipinski definition) is 0. The van der Waals surface area contributed by atoms with Crippen molar-refractivity contribution in [3.63, 3.8) is 0 Å². The molecule has 6 heteroatoms. The Bertz CT molecular complexity index is 524. The second-order valence-electron chi connectivity index (χ2n) is 3.86. The zero-order valence-electron chi connectivity index (χ0n) is 9.45. The first-order valence-corrected chi connectivity index (χ1v) is 5.15. The number of para-hydroxylation sites is 2. The molecular formula is C11H11N3O3. The minimum absolute atomic E-state index is 0.119. The molecular weight excluding hydrogens is 222 g/mol. The van der Waals surface area contributed by atoms with Crippen LogP contribution < -0.4 is 5.01 Å². The van der Waals surface area contributed by atoms with Crippen molar-refractivity contribution in [3.8, 4) is 0 Å². The van der Waals surface area contributed by atoms with Crippen LogP contribution in [0.4, 0.5) is 11.4 Å². The molecule has 1 atom stereocenters. The summed E-state index contributed by atoms with van der Waals surface area (Å²) < 4.78 is 0. The van der Waals surface area contributed by atoms with Gasteiger partial charge >= 0.3 is 0 Å². The Balaban J connectivity index is 2.49. The number of carbonyl (C=O) groups excluding carboxylic acids is 1. The third-order valence-corrected chi connectivity index (χ3v) is 2.77. The quantitative estimate of drug-likeness (QED) is 0.578. The van der Waals surface area contributed by atoms with Crippen molar-refractivity contribution in [3.05, 3.63) is 34.4 Å². The fraction of sp³-hybridized carbons (Fsp3) is 0.273. The molecule has 0 bridgehead atoms. The molecule has 0 aromatic heterocycles. The summed E-state index contributed by atoms with van der Waals surface area (Å²) in [5.41, 5.74) is 0.755. The summed E-state index contributed by atoms with van der Waals surface area (Å²) in [4.78, 5) is 22.2. The lowest BCUT2D eigenvalue weighted by Crippen LogP contribution is -2.25. The molecule has 2 rings (SSSR count). The van der Waals surface area contributed by atoms with Crippen LogP contribution in [-0.2, 0) is 4.79 Å². The molecule has 0 saturated carbocycles. The van der Waals surface area contributed by atoms with Gasteiger partial charge in [-0.25, -0.2) is 0 Å². The van der Waals surface area contributed by atoms with E-state index in [0.717, 1.165) is 5.01 Å². The average Bonchev–Trinajstić information content (AvgIpc) is 2.57. The summed E-state index contributed by atoms with van der Waals surface area (Å²) in [6.07, 6.45) is 0. The van der Waals surface area contributed by atoms with Crippen LogP contribution in [0.25, 0.3) is 0 Å². The Labute approximate surface area is 97.7 Å². The van der Waals surface area contributed by atoms with E-state index in [2.05, 4.69) is 5.10 Å². The molecule has 1 aliphatic heterocycles. The fourth-order valence-corrected chi connectivity index (χ4v) is 1.63. The fourth-order valence-electron chi connectivity index (χ4n) is 1.63. The maximum atomic E-state index is 11.9. The van der Waals surface area contributed by atoms with Gasteiger partial charge in [0.05, 0.1) is 10.8 Å². The first-order chi connectivity index (χ1) is 8.02. The molecule has 0 aliphatic carbocycles. The number of amides is 1. The van der Waals surface area contributed by atoms with E-state index in [9.17, 15) is 14.9 Å². The van der Waals surface area contributed by atoms with E-state index in [0.29, 0.717) is 5.71 Å². The van der Waals surface area contributed by atoms with Crippen molar-refractivity contribution in [2.45, 2.75) is 13.8 Å². The van der Waals surface area contributed by atoms with Gasteiger partial charge in [0.25, 0.3) is 11.6 Å². The van der Waals surface area contributed by atoms with Crippen LogP contribution >= 0.6 is 0 Å². The lowest BCUT2D eigenvalue weighted by molar-refractivity contribution is -0.384. The van der Waals surface area contributed by atoms with Crippen molar-refractivity contribution in [2.75, 3.05) is 5.01 Å². The summed E-state index contributed by atoms with van der Waals surface area (Å²) in [6, 6.07) is 6.08. The topological polar surface area (TPSA) is 75.8 Å². The maximum absolute atomic E-state index is 11.9. The van der Waals surface area contributed by atoms with E-state index < -0.39 is 4.92 Å². The molecule has 1 heterocycles. The van der Waals surface area contributed by atoms with Crippen molar-refractivity contribution in [1.29, 1.82) is 0 Å². The molecule has 0 N–H and O–H groups in total. The highest BCUT2D eigenvalue weighted by Gasteiger charge is 2.33. The second kappa shape index (κ2) is 3.97. The van der Waals surface area contributed by atoms with Crippen LogP contribution in [0, 0.1) is 16.0 Å². The Kier molecular flexibility index (Phi) is 2.63. The van der Waals surface area contributed by atoms with E-state index in [1.807, 2.05) is 0 Å². The number of carbonyl (C=O) groups is 1. The van der Waals surface area contributed by atoms with E-state index >= 15 is 0 Å². The lowest BCUT2D eigenvalue weighted by Gasteiger charge is -2.12. The number of nitro benzene ring substituents is 1. The first kappa shape index (κ1) is 11.3. The van der Waals surface area contributed by atoms with Crippen molar-refractivity contribution >= 4 is 23.0 Å². The summed E-state index contributed by atoms with van der Waals surface area (Å²) in [5.74, 6) is -0.563. The minimum Gasteiger partial charge on any atom is -0.272 e. The molecule has 0 spiro atoms. The standard InChI is InChI=1S/C11H11N3O3/c1-7-8(2)12-13(11(7)15)9-5-3-4-6-10(9)14(16)17/h3-7H,1-2H3. The molecule has 0 radical (unpaired) electrons. The monoisotopic (exact) mass is 233 g/mol. The number of rotatable bonds is 2. The highest BCUT2D eigenvalue weighted by atomic mass is 16.6. The third kappa shape index (κ3) is 1.77. The molecule has 88 valence electrons. The van der Waals surface area contributed by atoms with Gasteiger partial charge in [-0.3, -0.25) is 14.9 Å². The summed E-state index contributed by atoms with van der Waals surface area (Å²) in [6.45, 7) is 3.47. The van der Waals surface area contributed by atoms with Gasteiger partial charge in [-0.15, -0.1) is 0 Å².